The number of rotatable bonds is 5. The molecule has 3 aromatic rings. The smallest absolute Gasteiger partial charge is 0.269 e. The maximum Gasteiger partial charge on any atom is 0.269 e. The van der Waals surface area contributed by atoms with E-state index in [-0.39, 0.29) is 18.2 Å². The normalized spacial score (nSPS) is 10.4. The van der Waals surface area contributed by atoms with Crippen molar-refractivity contribution in [3.05, 3.63) is 69.3 Å². The molecule has 8 heteroatoms. The number of nitrogens with zero attached hydrogens (tertiary/aromatic N) is 2. The molecule has 7 nitrogen and oxygen atoms in total. The first-order chi connectivity index (χ1) is 12.0. The van der Waals surface area contributed by atoms with Crippen LogP contribution in [0.1, 0.15) is 0 Å². The van der Waals surface area contributed by atoms with E-state index in [0.717, 1.165) is 10.9 Å². The van der Waals surface area contributed by atoms with Gasteiger partial charge in [0.05, 0.1) is 16.1 Å². The molecule has 0 unspecified atom stereocenters. The van der Waals surface area contributed by atoms with Crippen LogP contribution in [-0.4, -0.2) is 22.4 Å². The molecule has 1 amide bonds. The molecule has 0 radical (unpaired) electrons. The summed E-state index contributed by atoms with van der Waals surface area (Å²) in [4.78, 5) is 26.5. The third kappa shape index (κ3) is 4.10. The van der Waals surface area contributed by atoms with Gasteiger partial charge in [-0.1, -0.05) is 18.2 Å². The van der Waals surface area contributed by atoms with Crippen LogP contribution in [0.25, 0.3) is 10.9 Å². The first kappa shape index (κ1) is 16.8. The Morgan fingerprint density at radius 2 is 1.92 bits per heavy atom. The highest BCUT2D eigenvalue weighted by molar-refractivity contribution is 9.10. The summed E-state index contributed by atoms with van der Waals surface area (Å²) in [6.45, 7) is -0.225. The molecule has 0 fully saturated rings. The Balaban J connectivity index is 1.64. The quantitative estimate of drug-likeness (QED) is 0.397. The number of nitro benzene ring substituents is 1. The second-order valence-corrected chi connectivity index (χ2v) is 5.86. The van der Waals surface area contributed by atoms with Crippen LogP contribution in [0.4, 0.5) is 11.4 Å². The molecule has 1 aromatic heterocycles. The first-order valence-electron chi connectivity index (χ1n) is 7.25. The van der Waals surface area contributed by atoms with Gasteiger partial charge in [0.2, 0.25) is 0 Å². The van der Waals surface area contributed by atoms with Crippen molar-refractivity contribution in [2.24, 2.45) is 0 Å². The summed E-state index contributed by atoms with van der Waals surface area (Å²) >= 11 is 3.33. The van der Waals surface area contributed by atoms with Gasteiger partial charge in [-0.3, -0.25) is 14.9 Å². The maximum absolute atomic E-state index is 12.1. The minimum atomic E-state index is -0.499. The number of non-ortho nitro benzene ring substituents is 1. The van der Waals surface area contributed by atoms with E-state index >= 15 is 0 Å². The number of nitro groups is 1. The Kier molecular flexibility index (Phi) is 4.90. The summed E-state index contributed by atoms with van der Waals surface area (Å²) in [6.07, 6.45) is 0. The number of hydrogen-bond donors (Lipinski definition) is 1. The summed E-state index contributed by atoms with van der Waals surface area (Å²) in [5, 5.41) is 14.2. The molecule has 1 heterocycles. The van der Waals surface area contributed by atoms with E-state index in [9.17, 15) is 14.9 Å². The van der Waals surface area contributed by atoms with E-state index in [1.807, 2.05) is 30.3 Å². The Labute approximate surface area is 150 Å². The third-order valence-electron chi connectivity index (χ3n) is 3.37. The van der Waals surface area contributed by atoms with Crippen molar-refractivity contribution in [1.82, 2.24) is 4.98 Å². The summed E-state index contributed by atoms with van der Waals surface area (Å²) in [6, 6.07) is 14.9. The zero-order valence-electron chi connectivity index (χ0n) is 12.8. The van der Waals surface area contributed by atoms with Crippen LogP contribution in [0, 0.1) is 10.1 Å². The molecule has 0 aliphatic heterocycles. The van der Waals surface area contributed by atoms with E-state index in [1.165, 1.54) is 24.3 Å². The highest BCUT2D eigenvalue weighted by atomic mass is 79.9. The zero-order valence-corrected chi connectivity index (χ0v) is 14.4. The second kappa shape index (κ2) is 7.27. The lowest BCUT2D eigenvalue weighted by Gasteiger charge is -2.09. The van der Waals surface area contributed by atoms with Crippen molar-refractivity contribution in [3.63, 3.8) is 0 Å². The van der Waals surface area contributed by atoms with Crippen LogP contribution >= 0.6 is 15.9 Å². The van der Waals surface area contributed by atoms with Crippen LogP contribution in [0.15, 0.2) is 59.2 Å². The first-order valence-corrected chi connectivity index (χ1v) is 8.04. The predicted molar refractivity (Wildman–Crippen MR) is 96.7 cm³/mol. The monoisotopic (exact) mass is 401 g/mol. The number of hydrogen-bond acceptors (Lipinski definition) is 5. The number of carbonyl (C=O) groups excluding carboxylic acids is 1. The predicted octanol–water partition coefficient (Wildman–Crippen LogP) is 3.92. The number of nitrogens with one attached hydrogen (secondary N) is 1. The van der Waals surface area contributed by atoms with Gasteiger partial charge in [-0.2, -0.15) is 0 Å². The van der Waals surface area contributed by atoms with Gasteiger partial charge in [-0.05, 0) is 40.2 Å². The molecule has 0 spiro atoms. The van der Waals surface area contributed by atoms with Gasteiger partial charge >= 0.3 is 0 Å². The highest BCUT2D eigenvalue weighted by Gasteiger charge is 2.10. The largest absolute Gasteiger partial charge is 0.484 e. The van der Waals surface area contributed by atoms with Crippen LogP contribution in [-0.2, 0) is 4.79 Å². The van der Waals surface area contributed by atoms with Crippen LogP contribution in [0.5, 0.6) is 5.75 Å². The molecule has 0 atom stereocenters. The minimum absolute atomic E-state index is 0.0389. The van der Waals surface area contributed by atoms with Crippen LogP contribution in [0.3, 0.4) is 0 Å². The fourth-order valence-electron chi connectivity index (χ4n) is 2.18. The van der Waals surface area contributed by atoms with Gasteiger partial charge < -0.3 is 10.1 Å². The van der Waals surface area contributed by atoms with E-state index in [2.05, 4.69) is 26.2 Å². The Morgan fingerprint density at radius 3 is 2.64 bits per heavy atom. The van der Waals surface area contributed by atoms with Gasteiger partial charge in [0.25, 0.3) is 11.6 Å². The zero-order chi connectivity index (χ0) is 17.8. The number of aromatic nitrogens is 1. The molecule has 1 N–H and O–H groups in total. The topological polar surface area (TPSA) is 94.4 Å². The molecule has 126 valence electrons. The number of amides is 1. The van der Waals surface area contributed by atoms with Crippen molar-refractivity contribution in [2.75, 3.05) is 11.9 Å². The molecule has 25 heavy (non-hydrogen) atoms. The Hall–Kier alpha value is -3.00. The number of halogens is 1. The average Bonchev–Trinajstić information content (AvgIpc) is 2.61. The number of anilines is 1. The molecular weight excluding hydrogens is 390 g/mol. The van der Waals surface area contributed by atoms with E-state index < -0.39 is 4.92 Å². The van der Waals surface area contributed by atoms with Crippen LogP contribution < -0.4 is 10.1 Å². The number of ether oxygens (including phenoxy) is 1. The number of pyridine rings is 1. The summed E-state index contributed by atoms with van der Waals surface area (Å²) in [5.74, 6) is 0.00702. The molecular formula is C17H12BrN3O4. The summed E-state index contributed by atoms with van der Waals surface area (Å²) in [7, 11) is 0. The molecule has 2 aromatic carbocycles. The van der Waals surface area contributed by atoms with E-state index in [1.54, 1.807) is 0 Å². The lowest BCUT2D eigenvalue weighted by molar-refractivity contribution is -0.384. The molecule has 0 aliphatic carbocycles. The van der Waals surface area contributed by atoms with Crippen molar-refractivity contribution in [1.29, 1.82) is 0 Å². The molecule has 0 aliphatic rings. The summed E-state index contributed by atoms with van der Waals surface area (Å²) < 4.78 is 5.85. The van der Waals surface area contributed by atoms with E-state index in [0.29, 0.717) is 16.0 Å². The summed E-state index contributed by atoms with van der Waals surface area (Å²) in [5.41, 5.74) is 1.31. The van der Waals surface area contributed by atoms with Gasteiger partial charge in [0, 0.05) is 17.5 Å². The fourth-order valence-corrected chi connectivity index (χ4v) is 2.58. The molecule has 0 bridgehead atoms. The lowest BCUT2D eigenvalue weighted by atomic mass is 10.2. The van der Waals surface area contributed by atoms with Crippen LogP contribution in [0.2, 0.25) is 0 Å². The average molecular weight is 402 g/mol. The standard InChI is InChI=1S/C17H12BrN3O4/c18-17-15(9-11-3-1-2-4-14(11)20-17)19-16(22)10-25-13-7-5-12(6-8-13)21(23)24/h1-9H,10H2,(H,19,22). The maximum atomic E-state index is 12.1. The van der Waals surface area contributed by atoms with Crippen molar-refractivity contribution in [3.8, 4) is 5.75 Å². The van der Waals surface area contributed by atoms with Gasteiger partial charge in [0.15, 0.2) is 6.61 Å². The van der Waals surface area contributed by atoms with Crippen molar-refractivity contribution in [2.45, 2.75) is 0 Å². The van der Waals surface area contributed by atoms with E-state index in [4.69, 9.17) is 4.74 Å². The minimum Gasteiger partial charge on any atom is -0.484 e. The van der Waals surface area contributed by atoms with Gasteiger partial charge in [-0.25, -0.2) is 4.98 Å². The highest BCUT2D eigenvalue weighted by Crippen LogP contribution is 2.25. The lowest BCUT2D eigenvalue weighted by Crippen LogP contribution is -2.20. The second-order valence-electron chi connectivity index (χ2n) is 5.11. The molecule has 3 rings (SSSR count). The number of fused-ring (bicyclic) bond motifs is 1. The van der Waals surface area contributed by atoms with Gasteiger partial charge in [0.1, 0.15) is 10.4 Å². The number of para-hydroxylation sites is 1. The van der Waals surface area contributed by atoms with Gasteiger partial charge in [-0.15, -0.1) is 0 Å². The molecule has 0 saturated carbocycles. The third-order valence-corrected chi connectivity index (χ3v) is 3.97. The SMILES string of the molecule is O=C(COc1ccc([N+](=O)[O-])cc1)Nc1cc2ccccc2nc1Br. The fraction of sp³-hybridized carbons (Fsp3) is 0.0588. The number of benzene rings is 2. The number of carbonyl (C=O) groups is 1. The molecule has 0 saturated heterocycles. The Morgan fingerprint density at radius 1 is 1.20 bits per heavy atom. The Bertz CT molecular complexity index is 944. The van der Waals surface area contributed by atoms with Crippen molar-refractivity contribution >= 4 is 44.1 Å². The van der Waals surface area contributed by atoms with Crippen molar-refractivity contribution < 1.29 is 14.5 Å².